The maximum absolute atomic E-state index is 13.0. The van der Waals surface area contributed by atoms with Crippen molar-refractivity contribution in [2.24, 2.45) is 5.92 Å². The standard InChI is InChI=1S/C20H32N2O3/c1-8-17-12-18(16(7)14(5)10-11-15(6)23)21(13(3)4)20(25)22(17)19(24)9-2/h12-14H,8-11H2,1-7H3/b18-16-. The Kier molecular flexibility index (Phi) is 7.59. The summed E-state index contributed by atoms with van der Waals surface area (Å²) < 4.78 is 0. The fraction of sp³-hybridized carbons (Fsp3) is 0.650. The lowest BCUT2D eigenvalue weighted by atomic mass is 9.92. The Morgan fingerprint density at radius 1 is 1.12 bits per heavy atom. The zero-order valence-corrected chi connectivity index (χ0v) is 16.7. The first kappa shape index (κ1) is 21.1. The lowest BCUT2D eigenvalue weighted by Crippen LogP contribution is -2.50. The summed E-state index contributed by atoms with van der Waals surface area (Å²) in [6.07, 6.45) is 4.17. The summed E-state index contributed by atoms with van der Waals surface area (Å²) in [5.74, 6) is 0.190. The quantitative estimate of drug-likeness (QED) is 0.673. The molecule has 1 atom stereocenters. The highest BCUT2D eigenvalue weighted by Gasteiger charge is 2.36. The fourth-order valence-corrected chi connectivity index (χ4v) is 3.00. The highest BCUT2D eigenvalue weighted by Crippen LogP contribution is 2.32. The maximum atomic E-state index is 13.0. The topological polar surface area (TPSA) is 57.7 Å². The summed E-state index contributed by atoms with van der Waals surface area (Å²) in [5.41, 5.74) is 2.69. The minimum absolute atomic E-state index is 0.0562. The maximum Gasteiger partial charge on any atom is 0.335 e. The summed E-state index contributed by atoms with van der Waals surface area (Å²) in [7, 11) is 0. The molecule has 0 aromatic carbocycles. The summed E-state index contributed by atoms with van der Waals surface area (Å²) in [4.78, 5) is 39.6. The monoisotopic (exact) mass is 348 g/mol. The number of rotatable bonds is 7. The largest absolute Gasteiger partial charge is 0.335 e. The molecular weight excluding hydrogens is 316 g/mol. The van der Waals surface area contributed by atoms with Gasteiger partial charge in [-0.05, 0) is 58.1 Å². The van der Waals surface area contributed by atoms with Gasteiger partial charge < -0.3 is 4.79 Å². The molecule has 0 bridgehead atoms. The number of Topliss-reactive ketones (excluding diaryl/α,β-unsaturated/α-hetero) is 1. The Morgan fingerprint density at radius 3 is 2.16 bits per heavy atom. The second-order valence-corrected chi connectivity index (χ2v) is 7.03. The predicted molar refractivity (Wildman–Crippen MR) is 99.7 cm³/mol. The van der Waals surface area contributed by atoms with Gasteiger partial charge in [0.15, 0.2) is 0 Å². The van der Waals surface area contributed by atoms with Gasteiger partial charge in [0.2, 0.25) is 5.91 Å². The first-order valence-electron chi connectivity index (χ1n) is 9.22. The van der Waals surface area contributed by atoms with Gasteiger partial charge in [0.1, 0.15) is 5.78 Å². The zero-order chi connectivity index (χ0) is 19.3. The molecule has 1 aliphatic rings. The molecule has 1 rings (SSSR count). The van der Waals surface area contributed by atoms with Crippen LogP contribution in [-0.2, 0) is 9.59 Å². The number of ketones is 1. The van der Waals surface area contributed by atoms with Crippen molar-refractivity contribution in [1.82, 2.24) is 9.80 Å². The molecule has 1 heterocycles. The predicted octanol–water partition coefficient (Wildman–Crippen LogP) is 4.64. The number of nitrogens with zero attached hydrogens (tertiary/aromatic N) is 2. The molecule has 0 radical (unpaired) electrons. The molecular formula is C20H32N2O3. The van der Waals surface area contributed by atoms with E-state index in [0.29, 0.717) is 19.3 Å². The van der Waals surface area contributed by atoms with Crippen molar-refractivity contribution in [1.29, 1.82) is 0 Å². The Bertz CT molecular complexity index is 602. The van der Waals surface area contributed by atoms with Crippen LogP contribution in [-0.4, -0.2) is 33.6 Å². The number of carbonyl (C=O) groups excluding carboxylic acids is 3. The third-order valence-corrected chi connectivity index (χ3v) is 4.75. The number of hydrogen-bond acceptors (Lipinski definition) is 3. The molecule has 0 saturated carbocycles. The van der Waals surface area contributed by atoms with Crippen LogP contribution < -0.4 is 0 Å². The molecule has 5 heteroatoms. The first-order chi connectivity index (χ1) is 11.6. The van der Waals surface area contributed by atoms with Crippen LogP contribution in [0.15, 0.2) is 23.0 Å². The molecule has 25 heavy (non-hydrogen) atoms. The number of urea groups is 1. The molecule has 0 aromatic rings. The van der Waals surface area contributed by atoms with Gasteiger partial charge in [-0.1, -0.05) is 20.8 Å². The molecule has 0 N–H and O–H groups in total. The third kappa shape index (κ3) is 4.80. The van der Waals surface area contributed by atoms with Crippen LogP contribution in [0, 0.1) is 5.92 Å². The van der Waals surface area contributed by atoms with Gasteiger partial charge in [-0.2, -0.15) is 0 Å². The summed E-state index contributed by atoms with van der Waals surface area (Å²) in [5, 5.41) is 0. The SMILES string of the molecule is CCC(=O)N1C(=O)N(C(C)C)/C(=C(/C)C(C)CCC(C)=O)C=C1CC. The van der Waals surface area contributed by atoms with Gasteiger partial charge in [0, 0.05) is 30.3 Å². The Hall–Kier alpha value is -1.91. The second-order valence-electron chi connectivity index (χ2n) is 7.03. The van der Waals surface area contributed by atoms with Crippen molar-refractivity contribution in [3.8, 4) is 0 Å². The van der Waals surface area contributed by atoms with Crippen LogP contribution in [0.1, 0.15) is 74.1 Å². The Balaban J connectivity index is 3.39. The summed E-state index contributed by atoms with van der Waals surface area (Å²) in [6, 6.07) is -0.325. The molecule has 0 spiro atoms. The number of imide groups is 1. The van der Waals surface area contributed by atoms with E-state index in [1.165, 1.54) is 4.90 Å². The van der Waals surface area contributed by atoms with E-state index in [1.807, 2.05) is 33.8 Å². The van der Waals surface area contributed by atoms with Gasteiger partial charge in [0.25, 0.3) is 0 Å². The van der Waals surface area contributed by atoms with Gasteiger partial charge in [-0.3, -0.25) is 9.69 Å². The van der Waals surface area contributed by atoms with Crippen LogP contribution >= 0.6 is 0 Å². The van der Waals surface area contributed by atoms with Crippen molar-refractivity contribution in [2.75, 3.05) is 0 Å². The molecule has 5 nitrogen and oxygen atoms in total. The smallest absolute Gasteiger partial charge is 0.300 e. The van der Waals surface area contributed by atoms with Crippen molar-refractivity contribution in [3.05, 3.63) is 23.0 Å². The van der Waals surface area contributed by atoms with E-state index in [1.54, 1.807) is 18.7 Å². The van der Waals surface area contributed by atoms with Crippen molar-refractivity contribution in [2.45, 2.75) is 80.2 Å². The molecule has 3 amide bonds. The van der Waals surface area contributed by atoms with E-state index >= 15 is 0 Å². The molecule has 1 unspecified atom stereocenters. The van der Waals surface area contributed by atoms with Crippen LogP contribution in [0.2, 0.25) is 0 Å². The van der Waals surface area contributed by atoms with Gasteiger partial charge >= 0.3 is 6.03 Å². The van der Waals surface area contributed by atoms with Crippen molar-refractivity contribution < 1.29 is 14.4 Å². The van der Waals surface area contributed by atoms with Crippen LogP contribution in [0.5, 0.6) is 0 Å². The molecule has 0 fully saturated rings. The third-order valence-electron chi connectivity index (χ3n) is 4.75. The average molecular weight is 348 g/mol. The molecule has 1 aliphatic heterocycles. The lowest BCUT2D eigenvalue weighted by molar-refractivity contribution is -0.127. The van der Waals surface area contributed by atoms with Crippen LogP contribution in [0.4, 0.5) is 4.79 Å². The minimum Gasteiger partial charge on any atom is -0.300 e. The lowest BCUT2D eigenvalue weighted by Gasteiger charge is -2.39. The molecule has 0 aromatic heterocycles. The average Bonchev–Trinajstić information content (AvgIpc) is 2.56. The molecule has 0 aliphatic carbocycles. The number of hydrogen-bond donors (Lipinski definition) is 0. The van der Waals surface area contributed by atoms with Crippen molar-refractivity contribution in [3.63, 3.8) is 0 Å². The van der Waals surface area contributed by atoms with E-state index in [9.17, 15) is 14.4 Å². The van der Waals surface area contributed by atoms with E-state index in [-0.39, 0.29) is 29.7 Å². The normalized spacial score (nSPS) is 18.4. The Labute approximate surface area is 151 Å². The summed E-state index contributed by atoms with van der Waals surface area (Å²) >= 11 is 0. The highest BCUT2D eigenvalue weighted by molar-refractivity contribution is 5.98. The van der Waals surface area contributed by atoms with Gasteiger partial charge in [0.05, 0.1) is 0 Å². The number of carbonyl (C=O) groups is 3. The number of amides is 3. The van der Waals surface area contributed by atoms with Crippen molar-refractivity contribution >= 4 is 17.7 Å². The van der Waals surface area contributed by atoms with Crippen LogP contribution in [0.25, 0.3) is 0 Å². The van der Waals surface area contributed by atoms with E-state index in [4.69, 9.17) is 0 Å². The van der Waals surface area contributed by atoms with E-state index in [0.717, 1.165) is 23.4 Å². The Morgan fingerprint density at radius 2 is 1.72 bits per heavy atom. The van der Waals surface area contributed by atoms with Gasteiger partial charge in [-0.25, -0.2) is 9.69 Å². The summed E-state index contributed by atoms with van der Waals surface area (Å²) in [6.45, 7) is 13.3. The van der Waals surface area contributed by atoms with E-state index < -0.39 is 0 Å². The minimum atomic E-state index is -0.269. The second kappa shape index (κ2) is 8.97. The van der Waals surface area contributed by atoms with Gasteiger partial charge in [-0.15, -0.1) is 0 Å². The highest BCUT2D eigenvalue weighted by atomic mass is 16.2. The fourth-order valence-electron chi connectivity index (χ4n) is 3.00. The number of allylic oxidation sites excluding steroid dienone is 3. The van der Waals surface area contributed by atoms with E-state index in [2.05, 4.69) is 6.92 Å². The molecule has 0 saturated heterocycles. The zero-order valence-electron chi connectivity index (χ0n) is 16.7. The first-order valence-corrected chi connectivity index (χ1v) is 9.22. The molecule has 140 valence electrons. The van der Waals surface area contributed by atoms with Crippen LogP contribution in [0.3, 0.4) is 0 Å².